The Kier molecular flexibility index (Phi) is 4.36. The quantitative estimate of drug-likeness (QED) is 0.563. The number of nitrogens with two attached hydrogens (primary N) is 1. The van der Waals surface area contributed by atoms with Gasteiger partial charge in [0.15, 0.2) is 0 Å². The second-order valence-corrected chi connectivity index (χ2v) is 5.82. The number of benzene rings is 1. The number of nitrogens with zero attached hydrogens (tertiary/aromatic N) is 2. The highest BCUT2D eigenvalue weighted by Gasteiger charge is 2.18. The Morgan fingerprint density at radius 1 is 1.10 bits per heavy atom. The minimum atomic E-state index is -3.88. The number of nitrogens with one attached hydrogen (secondary N) is 1. The van der Waals surface area contributed by atoms with Crippen LogP contribution in [0.1, 0.15) is 11.3 Å². The molecule has 112 valence electrons. The van der Waals surface area contributed by atoms with E-state index in [1.54, 1.807) is 0 Å². The van der Waals surface area contributed by atoms with Crippen molar-refractivity contribution < 1.29 is 18.6 Å². The highest BCUT2D eigenvalue weighted by molar-refractivity contribution is 7.92. The number of anilines is 2. The zero-order valence-corrected chi connectivity index (χ0v) is 11.7. The van der Waals surface area contributed by atoms with Crippen molar-refractivity contribution >= 4 is 21.5 Å². The third-order valence-corrected chi connectivity index (χ3v) is 4.12. The Morgan fingerprint density at radius 2 is 1.76 bits per heavy atom. The lowest BCUT2D eigenvalue weighted by Crippen LogP contribution is -2.17. The predicted molar refractivity (Wildman–Crippen MR) is 75.5 cm³/mol. The summed E-state index contributed by atoms with van der Waals surface area (Å²) in [5.74, 6) is -0.0756. The molecule has 8 nitrogen and oxygen atoms in total. The first-order valence-corrected chi connectivity index (χ1v) is 7.39. The maximum Gasteiger partial charge on any atom is 0.263 e. The molecule has 0 fully saturated rings. The van der Waals surface area contributed by atoms with Crippen LogP contribution >= 0.6 is 0 Å². The molecule has 0 unspecified atom stereocenters. The van der Waals surface area contributed by atoms with Crippen molar-refractivity contribution in [1.82, 2.24) is 9.97 Å². The largest absolute Gasteiger partial charge is 0.399 e. The Balaban J connectivity index is 2.39. The van der Waals surface area contributed by atoms with Crippen LogP contribution in [0, 0.1) is 0 Å². The molecule has 21 heavy (non-hydrogen) atoms. The summed E-state index contributed by atoms with van der Waals surface area (Å²) in [4.78, 5) is 7.56. The summed E-state index contributed by atoms with van der Waals surface area (Å²) in [6, 6.07) is 5.62. The summed E-state index contributed by atoms with van der Waals surface area (Å²) in [6.07, 6.45) is 1.10. The Morgan fingerprint density at radius 3 is 2.33 bits per heavy atom. The van der Waals surface area contributed by atoms with Crippen LogP contribution in [0.5, 0.6) is 0 Å². The minimum Gasteiger partial charge on any atom is -0.399 e. The molecule has 5 N–H and O–H groups in total. The number of rotatable bonds is 5. The molecule has 1 heterocycles. The first-order chi connectivity index (χ1) is 9.97. The second-order valence-electron chi connectivity index (χ2n) is 4.14. The van der Waals surface area contributed by atoms with Crippen LogP contribution in [0.25, 0.3) is 0 Å². The van der Waals surface area contributed by atoms with Gasteiger partial charge in [0.2, 0.25) is 0 Å². The summed E-state index contributed by atoms with van der Waals surface area (Å²) < 4.78 is 26.7. The zero-order valence-electron chi connectivity index (χ0n) is 10.9. The van der Waals surface area contributed by atoms with Crippen LogP contribution in [-0.2, 0) is 23.2 Å². The second kappa shape index (κ2) is 6.04. The number of hydrogen-bond acceptors (Lipinski definition) is 7. The molecule has 2 aromatic rings. The number of hydrogen-bond donors (Lipinski definition) is 4. The van der Waals surface area contributed by atoms with Crippen molar-refractivity contribution in [1.29, 1.82) is 0 Å². The van der Waals surface area contributed by atoms with Crippen LogP contribution < -0.4 is 10.5 Å². The molecule has 1 aromatic carbocycles. The number of nitrogen functional groups attached to an aromatic ring is 1. The van der Waals surface area contributed by atoms with Crippen LogP contribution in [-0.4, -0.2) is 28.6 Å². The van der Waals surface area contributed by atoms with Gasteiger partial charge in [-0.15, -0.1) is 0 Å². The zero-order chi connectivity index (χ0) is 15.5. The van der Waals surface area contributed by atoms with Gasteiger partial charge in [-0.3, -0.25) is 4.72 Å². The molecule has 9 heteroatoms. The highest BCUT2D eigenvalue weighted by Crippen LogP contribution is 2.20. The number of sulfonamides is 1. The summed E-state index contributed by atoms with van der Waals surface area (Å²) >= 11 is 0. The van der Waals surface area contributed by atoms with E-state index in [0.29, 0.717) is 5.69 Å². The number of aliphatic hydroxyl groups is 2. The Hall–Kier alpha value is -2.23. The standard InChI is InChI=1S/C12H14N4O4S/c13-8-1-3-9(4-2-8)21(19,20)16-12-10(5-17)11(6-18)14-7-15-12/h1-4,7,17-18H,5-6,13H2,(H,14,15,16). The summed E-state index contributed by atoms with van der Waals surface area (Å²) in [5.41, 5.74) is 6.23. The molecule has 0 atom stereocenters. The van der Waals surface area contributed by atoms with Gasteiger partial charge in [-0.1, -0.05) is 0 Å². The Labute approximate surface area is 121 Å². The molecule has 0 spiro atoms. The molecule has 0 saturated heterocycles. The predicted octanol–water partition coefficient (Wildman–Crippen LogP) is -0.156. The van der Waals surface area contributed by atoms with Crippen molar-refractivity contribution in [2.45, 2.75) is 18.1 Å². The maximum atomic E-state index is 12.2. The molecule has 0 saturated carbocycles. The van der Waals surface area contributed by atoms with Gasteiger partial charge in [0, 0.05) is 11.3 Å². The molecular weight excluding hydrogens is 296 g/mol. The van der Waals surface area contributed by atoms with Gasteiger partial charge in [-0.2, -0.15) is 0 Å². The third kappa shape index (κ3) is 3.27. The van der Waals surface area contributed by atoms with Crippen LogP contribution in [0.3, 0.4) is 0 Å². The fourth-order valence-corrected chi connectivity index (χ4v) is 2.72. The average molecular weight is 310 g/mol. The van der Waals surface area contributed by atoms with Gasteiger partial charge in [0.25, 0.3) is 10.0 Å². The van der Waals surface area contributed by atoms with Crippen molar-refractivity contribution in [2.24, 2.45) is 0 Å². The first kappa shape index (κ1) is 15.2. The van der Waals surface area contributed by atoms with Gasteiger partial charge >= 0.3 is 0 Å². The third-order valence-electron chi connectivity index (χ3n) is 2.76. The summed E-state index contributed by atoms with van der Waals surface area (Å²) in [5, 5.41) is 18.4. The molecule has 0 aliphatic rings. The SMILES string of the molecule is Nc1ccc(S(=O)(=O)Nc2ncnc(CO)c2CO)cc1. The van der Waals surface area contributed by atoms with Gasteiger partial charge in [-0.25, -0.2) is 18.4 Å². The molecular formula is C12H14N4O4S. The summed E-state index contributed by atoms with van der Waals surface area (Å²) in [7, 11) is -3.88. The van der Waals surface area contributed by atoms with E-state index < -0.39 is 23.2 Å². The monoisotopic (exact) mass is 310 g/mol. The van der Waals surface area contributed by atoms with E-state index in [9.17, 15) is 13.5 Å². The average Bonchev–Trinajstić information content (AvgIpc) is 2.47. The molecule has 0 bridgehead atoms. The van der Waals surface area contributed by atoms with Crippen molar-refractivity contribution in [3.05, 3.63) is 41.9 Å². The van der Waals surface area contributed by atoms with E-state index in [4.69, 9.17) is 10.8 Å². The first-order valence-electron chi connectivity index (χ1n) is 5.90. The molecule has 0 aliphatic carbocycles. The van der Waals surface area contributed by atoms with Crippen molar-refractivity contribution in [3.8, 4) is 0 Å². The van der Waals surface area contributed by atoms with Crippen LogP contribution in [0.4, 0.5) is 11.5 Å². The van der Waals surface area contributed by atoms with Crippen LogP contribution in [0.15, 0.2) is 35.5 Å². The van der Waals surface area contributed by atoms with E-state index in [-0.39, 0.29) is 22.0 Å². The fraction of sp³-hybridized carbons (Fsp3) is 0.167. The fourth-order valence-electron chi connectivity index (χ4n) is 1.67. The molecule has 0 radical (unpaired) electrons. The van der Waals surface area contributed by atoms with Crippen molar-refractivity contribution in [3.63, 3.8) is 0 Å². The van der Waals surface area contributed by atoms with E-state index in [1.165, 1.54) is 24.3 Å². The molecule has 2 rings (SSSR count). The topological polar surface area (TPSA) is 138 Å². The maximum absolute atomic E-state index is 12.2. The highest BCUT2D eigenvalue weighted by atomic mass is 32.2. The lowest BCUT2D eigenvalue weighted by Gasteiger charge is -2.12. The minimum absolute atomic E-state index is 0.00440. The van der Waals surface area contributed by atoms with Crippen LogP contribution in [0.2, 0.25) is 0 Å². The number of aliphatic hydroxyl groups excluding tert-OH is 2. The van der Waals surface area contributed by atoms with Gasteiger partial charge < -0.3 is 15.9 Å². The number of aromatic nitrogens is 2. The van der Waals surface area contributed by atoms with E-state index in [2.05, 4.69) is 14.7 Å². The lowest BCUT2D eigenvalue weighted by atomic mass is 10.2. The van der Waals surface area contributed by atoms with E-state index in [0.717, 1.165) is 6.33 Å². The molecule has 1 aromatic heterocycles. The summed E-state index contributed by atoms with van der Waals surface area (Å²) in [6.45, 7) is -0.939. The van der Waals surface area contributed by atoms with Gasteiger partial charge in [0.05, 0.1) is 23.8 Å². The van der Waals surface area contributed by atoms with Gasteiger partial charge in [0.1, 0.15) is 12.1 Å². The van der Waals surface area contributed by atoms with Crippen molar-refractivity contribution in [2.75, 3.05) is 10.5 Å². The van der Waals surface area contributed by atoms with E-state index in [1.807, 2.05) is 0 Å². The Bertz CT molecular complexity index is 731. The van der Waals surface area contributed by atoms with E-state index >= 15 is 0 Å². The van der Waals surface area contributed by atoms with Gasteiger partial charge in [-0.05, 0) is 24.3 Å². The molecule has 0 amide bonds. The lowest BCUT2D eigenvalue weighted by molar-refractivity contribution is 0.256. The normalized spacial score (nSPS) is 11.3. The smallest absolute Gasteiger partial charge is 0.263 e. The molecule has 0 aliphatic heterocycles.